The topological polar surface area (TPSA) is 175 Å². The van der Waals surface area contributed by atoms with E-state index in [9.17, 15) is 24.0 Å². The van der Waals surface area contributed by atoms with Crippen molar-refractivity contribution < 1.29 is 29.1 Å². The molecule has 5 heterocycles. The van der Waals surface area contributed by atoms with Gasteiger partial charge < -0.3 is 14.9 Å². The van der Waals surface area contributed by atoms with Gasteiger partial charge in [-0.2, -0.15) is 0 Å². The zero-order valence-electron chi connectivity index (χ0n) is 32.3. The fourth-order valence-corrected chi connectivity index (χ4v) is 8.54. The van der Waals surface area contributed by atoms with Crippen molar-refractivity contribution in [1.29, 1.82) is 0 Å². The van der Waals surface area contributed by atoms with Crippen LogP contribution < -0.4 is 10.6 Å². The van der Waals surface area contributed by atoms with Gasteiger partial charge in [-0.15, -0.1) is 22.7 Å². The number of pyridine rings is 1. The number of thiazole rings is 2. The summed E-state index contributed by atoms with van der Waals surface area (Å²) in [6.45, 7) is 0.698. The van der Waals surface area contributed by atoms with Crippen LogP contribution in [0.25, 0.3) is 0 Å². The first-order chi connectivity index (χ1) is 30.1. The number of aromatic carboxylic acids is 1. The summed E-state index contributed by atoms with van der Waals surface area (Å²) in [5, 5.41) is 19.2. The Morgan fingerprint density at radius 3 is 1.63 bits per heavy atom. The normalized spacial score (nSPS) is 13.4. The number of hydrogen-bond donors (Lipinski definition) is 3. The summed E-state index contributed by atoms with van der Waals surface area (Å²) in [6, 6.07) is 31.1. The molecule has 7 aromatic rings. The monoisotopic (exact) mass is 969 g/mol. The van der Waals surface area contributed by atoms with E-state index in [1.807, 2.05) is 91.0 Å². The SMILES string of the molecule is O=C(Nc1nccs1)C(c1ccccc1)N1Cc2ccc(I)cc2C1=O.O=C(O)c1ccc(C#Cc2ccc3c(c2)C(=O)N(C(C(=O)Nc2nccs2)c2ccccc2)C3)cn1. The predicted molar refractivity (Wildman–Crippen MR) is 242 cm³/mol. The molecule has 0 saturated heterocycles. The Morgan fingerprint density at radius 2 is 1.15 bits per heavy atom. The molecule has 2 unspecified atom stereocenters. The van der Waals surface area contributed by atoms with Gasteiger partial charge in [-0.25, -0.2) is 19.7 Å². The van der Waals surface area contributed by atoms with Gasteiger partial charge in [-0.05, 0) is 81.2 Å². The minimum atomic E-state index is -1.11. The highest BCUT2D eigenvalue weighted by Gasteiger charge is 2.39. The Bertz CT molecular complexity index is 2850. The van der Waals surface area contributed by atoms with Crippen LogP contribution >= 0.6 is 45.3 Å². The number of fused-ring (bicyclic) bond motifs is 2. The lowest BCUT2D eigenvalue weighted by Gasteiger charge is -2.27. The number of nitrogens with zero attached hydrogens (tertiary/aromatic N) is 5. The maximum absolute atomic E-state index is 13.5. The third-order valence-electron chi connectivity index (χ3n) is 9.86. The van der Waals surface area contributed by atoms with E-state index >= 15 is 0 Å². The molecule has 306 valence electrons. The quantitative estimate of drug-likeness (QED) is 0.0955. The lowest BCUT2D eigenvalue weighted by atomic mass is 10.0. The Kier molecular flexibility index (Phi) is 12.6. The van der Waals surface area contributed by atoms with Crippen molar-refractivity contribution in [3.8, 4) is 11.8 Å². The van der Waals surface area contributed by atoms with E-state index in [2.05, 4.69) is 60.0 Å². The fraction of sp³-hybridized carbons (Fsp3) is 0.0870. The van der Waals surface area contributed by atoms with Gasteiger partial charge in [0.05, 0.1) is 0 Å². The molecule has 0 aliphatic carbocycles. The summed E-state index contributed by atoms with van der Waals surface area (Å²) in [5.74, 6) is 3.84. The predicted octanol–water partition coefficient (Wildman–Crippen LogP) is 8.06. The van der Waals surface area contributed by atoms with Gasteiger partial charge >= 0.3 is 5.97 Å². The van der Waals surface area contributed by atoms with E-state index < -0.39 is 18.1 Å². The summed E-state index contributed by atoms with van der Waals surface area (Å²) in [6.07, 6.45) is 4.63. The molecule has 4 aromatic carbocycles. The van der Waals surface area contributed by atoms with E-state index in [0.29, 0.717) is 44.6 Å². The number of amides is 4. The molecular formula is C46H32IN7O6S2. The van der Waals surface area contributed by atoms with Gasteiger partial charge in [0.25, 0.3) is 23.6 Å². The smallest absolute Gasteiger partial charge is 0.354 e. The maximum atomic E-state index is 13.5. The van der Waals surface area contributed by atoms with Crippen LogP contribution in [0.1, 0.15) is 76.7 Å². The highest BCUT2D eigenvalue weighted by Crippen LogP contribution is 2.35. The molecule has 3 aromatic heterocycles. The number of carbonyl (C=O) groups is 5. The molecule has 0 saturated carbocycles. The third-order valence-corrected chi connectivity index (χ3v) is 11.9. The molecule has 0 fully saturated rings. The van der Waals surface area contributed by atoms with Crippen molar-refractivity contribution >= 4 is 85.1 Å². The number of nitrogens with one attached hydrogen (secondary N) is 2. The lowest BCUT2D eigenvalue weighted by molar-refractivity contribution is -0.121. The van der Waals surface area contributed by atoms with Gasteiger partial charge in [0, 0.05) is 68.3 Å². The van der Waals surface area contributed by atoms with E-state index in [-0.39, 0.29) is 35.9 Å². The molecule has 16 heteroatoms. The summed E-state index contributed by atoms with van der Waals surface area (Å²) in [5.41, 5.74) is 5.49. The molecule has 13 nitrogen and oxygen atoms in total. The first kappa shape index (κ1) is 41.7. The first-order valence-electron chi connectivity index (χ1n) is 18.9. The Labute approximate surface area is 376 Å². The zero-order valence-corrected chi connectivity index (χ0v) is 36.1. The summed E-state index contributed by atoms with van der Waals surface area (Å²) in [4.78, 5) is 79.0. The minimum Gasteiger partial charge on any atom is -0.477 e. The van der Waals surface area contributed by atoms with E-state index in [4.69, 9.17) is 5.11 Å². The molecule has 2 aliphatic rings. The van der Waals surface area contributed by atoms with Crippen LogP contribution in [0.4, 0.5) is 10.3 Å². The summed E-state index contributed by atoms with van der Waals surface area (Å²) < 4.78 is 1.00. The number of aromatic nitrogens is 3. The Morgan fingerprint density at radius 1 is 0.645 bits per heavy atom. The molecule has 3 N–H and O–H groups in total. The molecule has 0 radical (unpaired) electrons. The van der Waals surface area contributed by atoms with Crippen LogP contribution in [0.2, 0.25) is 0 Å². The molecule has 0 bridgehead atoms. The first-order valence-corrected chi connectivity index (χ1v) is 21.7. The Hall–Kier alpha value is -7.07. The number of anilines is 2. The zero-order chi connectivity index (χ0) is 43.2. The summed E-state index contributed by atoms with van der Waals surface area (Å²) in [7, 11) is 0. The Balaban J connectivity index is 0.000000180. The summed E-state index contributed by atoms with van der Waals surface area (Å²) >= 11 is 4.85. The molecule has 2 atom stereocenters. The van der Waals surface area contributed by atoms with Crippen molar-refractivity contribution in [2.24, 2.45) is 0 Å². The highest BCUT2D eigenvalue weighted by atomic mass is 127. The maximum Gasteiger partial charge on any atom is 0.354 e. The van der Waals surface area contributed by atoms with E-state index in [0.717, 1.165) is 20.3 Å². The standard InChI is InChI=1S/C27H18N4O4S.C19H14IN3O2S/c32-24(30-27-28-12-13-36-27)23(19-4-2-1-3-5-19)31-16-20-10-8-17(14-21(20)25(31)33)6-7-18-9-11-22(26(34)35)29-15-18;20-14-7-6-13-11-23(18(25)15(13)10-14)16(12-4-2-1-3-5-12)17(24)22-19-21-8-9-26-19/h1-5,8-15,23H,16H2,(H,34,35)(H,28,30,32);1-10,16H,11H2,(H,21,22,24). The van der Waals surface area contributed by atoms with Crippen molar-refractivity contribution in [2.45, 2.75) is 25.2 Å². The van der Waals surface area contributed by atoms with Crippen LogP contribution in [-0.2, 0) is 22.7 Å². The van der Waals surface area contributed by atoms with Crippen molar-refractivity contribution in [2.75, 3.05) is 10.6 Å². The van der Waals surface area contributed by atoms with Crippen molar-refractivity contribution in [3.63, 3.8) is 0 Å². The van der Waals surface area contributed by atoms with Crippen molar-refractivity contribution in [3.05, 3.63) is 192 Å². The second-order valence-electron chi connectivity index (χ2n) is 13.8. The van der Waals surface area contributed by atoms with Gasteiger partial charge in [0.1, 0.15) is 17.8 Å². The largest absolute Gasteiger partial charge is 0.477 e. The van der Waals surface area contributed by atoms with Crippen LogP contribution in [0, 0.1) is 15.4 Å². The van der Waals surface area contributed by atoms with E-state index in [1.54, 1.807) is 45.1 Å². The van der Waals surface area contributed by atoms with Gasteiger partial charge in [-0.3, -0.25) is 29.8 Å². The van der Waals surface area contributed by atoms with Gasteiger partial charge in [-0.1, -0.05) is 84.6 Å². The average molecular weight is 970 g/mol. The van der Waals surface area contributed by atoms with Crippen LogP contribution in [0.15, 0.2) is 139 Å². The number of rotatable bonds is 9. The van der Waals surface area contributed by atoms with Crippen LogP contribution in [0.5, 0.6) is 0 Å². The lowest BCUT2D eigenvalue weighted by Crippen LogP contribution is -2.37. The van der Waals surface area contributed by atoms with Crippen LogP contribution in [-0.4, -0.2) is 59.5 Å². The van der Waals surface area contributed by atoms with Crippen molar-refractivity contribution in [1.82, 2.24) is 24.8 Å². The molecule has 9 rings (SSSR count). The van der Waals surface area contributed by atoms with Gasteiger partial charge in [0.2, 0.25) is 0 Å². The number of carboxylic acid groups (broad SMARTS) is 1. The molecule has 2 aliphatic heterocycles. The molecule has 0 spiro atoms. The number of hydrogen-bond acceptors (Lipinski definition) is 10. The van der Waals surface area contributed by atoms with E-state index in [1.165, 1.54) is 34.9 Å². The molecule has 62 heavy (non-hydrogen) atoms. The fourth-order valence-electron chi connectivity index (χ4n) is 6.99. The van der Waals surface area contributed by atoms with Gasteiger partial charge in [0.15, 0.2) is 10.3 Å². The average Bonchev–Trinajstić information content (AvgIpc) is 4.11. The minimum absolute atomic E-state index is 0.0596. The molecule has 4 amide bonds. The number of benzene rings is 4. The van der Waals surface area contributed by atoms with Crippen LogP contribution in [0.3, 0.4) is 0 Å². The third kappa shape index (κ3) is 9.29. The number of carboxylic acids is 1. The number of halogens is 1. The second-order valence-corrected chi connectivity index (χ2v) is 16.8. The number of carbonyl (C=O) groups excluding carboxylic acids is 4. The highest BCUT2D eigenvalue weighted by molar-refractivity contribution is 14.1. The molecular weight excluding hydrogens is 938 g/mol. The second kappa shape index (κ2) is 18.7.